The van der Waals surface area contributed by atoms with Crippen LogP contribution in [0.5, 0.6) is 0 Å². The quantitative estimate of drug-likeness (QED) is 0.210. The fourth-order valence-electron chi connectivity index (χ4n) is 1.26. The molecular weight excluding hydrogens is 234 g/mol. The molecule has 100 valence electrons. The van der Waals surface area contributed by atoms with E-state index in [0.29, 0.717) is 22.7 Å². The fourth-order valence-corrected chi connectivity index (χ4v) is 2.45. The van der Waals surface area contributed by atoms with Crippen LogP contribution in [0.1, 0.15) is 20.3 Å². The molecule has 6 heteroatoms. The van der Waals surface area contributed by atoms with Gasteiger partial charge >= 0.3 is 0 Å². The molecule has 0 heterocycles. The Morgan fingerprint density at radius 3 is 2.41 bits per heavy atom. The minimum absolute atomic E-state index is 0.0198. The lowest BCUT2D eigenvalue weighted by atomic mass is 10.5. The number of guanidine groups is 1. The van der Waals surface area contributed by atoms with Gasteiger partial charge in [0, 0.05) is 33.9 Å². The Labute approximate surface area is 107 Å². The normalized spacial score (nSPS) is 11.9. The van der Waals surface area contributed by atoms with Crippen LogP contribution in [0.2, 0.25) is 6.04 Å². The highest BCUT2D eigenvalue weighted by molar-refractivity contribution is 6.36. The highest BCUT2D eigenvalue weighted by Gasteiger charge is 2.08. The molecule has 0 saturated heterocycles. The van der Waals surface area contributed by atoms with E-state index in [1.54, 1.807) is 7.05 Å². The average molecular weight is 259 g/mol. The lowest BCUT2D eigenvalue weighted by Gasteiger charge is -2.16. The summed E-state index contributed by atoms with van der Waals surface area (Å²) in [6, 6.07) is 1.11. The minimum atomic E-state index is -0.0198. The zero-order chi connectivity index (χ0) is 12.9. The van der Waals surface area contributed by atoms with Crippen molar-refractivity contribution >= 4 is 15.5 Å². The summed E-state index contributed by atoms with van der Waals surface area (Å²) >= 11 is 0. The summed E-state index contributed by atoms with van der Waals surface area (Å²) in [4.78, 5) is 4.05. The number of hydrogen-bond donors (Lipinski definition) is 2. The molecule has 0 aliphatic rings. The third-order valence-corrected chi connectivity index (χ3v) is 3.36. The molecule has 2 N–H and O–H groups in total. The van der Waals surface area contributed by atoms with Gasteiger partial charge in [0.1, 0.15) is 15.4 Å². The molecule has 0 bridgehead atoms. The Hall–Kier alpha value is -0.593. The maximum atomic E-state index is 5.49. The molecule has 17 heavy (non-hydrogen) atoms. The van der Waals surface area contributed by atoms with Crippen molar-refractivity contribution in [2.45, 2.75) is 32.2 Å². The van der Waals surface area contributed by atoms with Crippen molar-refractivity contribution in [1.29, 1.82) is 0 Å². The summed E-state index contributed by atoms with van der Waals surface area (Å²) < 4.78 is 11.0. The van der Waals surface area contributed by atoms with Gasteiger partial charge in [-0.05, 0) is 20.3 Å². The zero-order valence-electron chi connectivity index (χ0n) is 11.4. The highest BCUT2D eigenvalue weighted by Crippen LogP contribution is 1.98. The number of rotatable bonds is 9. The van der Waals surface area contributed by atoms with Gasteiger partial charge in [0.25, 0.3) is 0 Å². The first-order valence-corrected chi connectivity index (χ1v) is 7.41. The van der Waals surface area contributed by atoms with Crippen LogP contribution >= 0.6 is 0 Å². The molecule has 0 unspecified atom stereocenters. The van der Waals surface area contributed by atoms with E-state index in [1.165, 1.54) is 0 Å². The van der Waals surface area contributed by atoms with Crippen LogP contribution in [0.25, 0.3) is 0 Å². The summed E-state index contributed by atoms with van der Waals surface area (Å²) in [5.41, 5.74) is 0. The molecule has 0 aromatic rings. The molecule has 0 amide bonds. The second-order valence-corrected chi connectivity index (χ2v) is 4.68. The van der Waals surface area contributed by atoms with Crippen LogP contribution in [0, 0.1) is 0 Å². The Morgan fingerprint density at radius 1 is 1.29 bits per heavy atom. The molecule has 2 radical (unpaired) electrons. The third-order valence-electron chi connectivity index (χ3n) is 2.05. The topological polar surface area (TPSA) is 54.9 Å². The van der Waals surface area contributed by atoms with Gasteiger partial charge in [-0.3, -0.25) is 4.99 Å². The molecular formula is C11H25N3O2Si. The number of ether oxygens (including phenoxy) is 2. The summed E-state index contributed by atoms with van der Waals surface area (Å²) in [5.74, 6) is 0.813. The number of nitrogens with zero attached hydrogens (tertiary/aromatic N) is 1. The van der Waals surface area contributed by atoms with E-state index in [0.717, 1.165) is 25.0 Å². The molecule has 0 aromatic heterocycles. The van der Waals surface area contributed by atoms with Gasteiger partial charge in [-0.15, -0.1) is 0 Å². The van der Waals surface area contributed by atoms with Crippen LogP contribution in [0.4, 0.5) is 0 Å². The molecule has 0 aromatic carbocycles. The van der Waals surface area contributed by atoms with Crippen molar-refractivity contribution in [3.05, 3.63) is 0 Å². The Morgan fingerprint density at radius 2 is 1.94 bits per heavy atom. The van der Waals surface area contributed by atoms with E-state index in [2.05, 4.69) is 15.6 Å². The fraction of sp³-hybridized carbons (Fsp3) is 0.909. The van der Waals surface area contributed by atoms with E-state index in [-0.39, 0.29) is 5.91 Å². The zero-order valence-corrected chi connectivity index (χ0v) is 12.4. The molecule has 0 aliphatic carbocycles. The molecule has 0 fully saturated rings. The first kappa shape index (κ1) is 16.4. The second-order valence-electron chi connectivity index (χ2n) is 3.30. The number of nitrogens with one attached hydrogen (secondary N) is 2. The van der Waals surface area contributed by atoms with Crippen LogP contribution < -0.4 is 10.6 Å². The molecule has 0 spiro atoms. The third kappa shape index (κ3) is 9.14. The molecule has 0 aliphatic heterocycles. The largest absolute Gasteiger partial charge is 0.359 e. The van der Waals surface area contributed by atoms with Crippen molar-refractivity contribution < 1.29 is 9.47 Å². The van der Waals surface area contributed by atoms with Crippen molar-refractivity contribution in [1.82, 2.24) is 10.6 Å². The van der Waals surface area contributed by atoms with Gasteiger partial charge in [-0.2, -0.15) is 0 Å². The van der Waals surface area contributed by atoms with Crippen LogP contribution in [0.15, 0.2) is 4.99 Å². The van der Waals surface area contributed by atoms with Crippen LogP contribution in [0.3, 0.4) is 0 Å². The predicted octanol–water partition coefficient (Wildman–Crippen LogP) is 0.650. The van der Waals surface area contributed by atoms with Gasteiger partial charge in [-0.25, -0.2) is 0 Å². The number of aliphatic imine (C=N–C) groups is 1. The van der Waals surface area contributed by atoms with Crippen molar-refractivity contribution in [2.24, 2.45) is 4.99 Å². The molecule has 0 rings (SSSR count). The van der Waals surface area contributed by atoms with Gasteiger partial charge in [0.2, 0.25) is 0 Å². The summed E-state index contributed by atoms with van der Waals surface area (Å²) in [5, 5.41) is 6.20. The standard InChI is InChI=1S/C11H25N3O2Si/c1-5-15-11(16-6-2)17-9-7-8-14-10(12-3)13-4/h11H,5-9H2,1-4H3,(H2,12,13,14). The molecule has 5 nitrogen and oxygen atoms in total. The van der Waals surface area contributed by atoms with Gasteiger partial charge in [0.15, 0.2) is 5.96 Å². The maximum absolute atomic E-state index is 5.49. The van der Waals surface area contributed by atoms with Crippen LogP contribution in [-0.2, 0) is 9.47 Å². The van der Waals surface area contributed by atoms with E-state index in [1.807, 2.05) is 20.9 Å². The summed E-state index contributed by atoms with van der Waals surface area (Å²) in [6.45, 7) is 6.33. The van der Waals surface area contributed by atoms with E-state index in [9.17, 15) is 0 Å². The maximum Gasteiger partial charge on any atom is 0.190 e. The van der Waals surface area contributed by atoms with Crippen molar-refractivity contribution in [2.75, 3.05) is 33.9 Å². The monoisotopic (exact) mass is 259 g/mol. The van der Waals surface area contributed by atoms with Crippen molar-refractivity contribution in [3.63, 3.8) is 0 Å². The van der Waals surface area contributed by atoms with Gasteiger partial charge < -0.3 is 20.1 Å². The Kier molecular flexibility index (Phi) is 11.5. The highest BCUT2D eigenvalue weighted by atomic mass is 28.2. The summed E-state index contributed by atoms with van der Waals surface area (Å²) in [6.07, 6.45) is 1.09. The van der Waals surface area contributed by atoms with Crippen LogP contribution in [-0.4, -0.2) is 55.2 Å². The second kappa shape index (κ2) is 11.9. The smallest absolute Gasteiger partial charge is 0.190 e. The molecule has 0 saturated carbocycles. The predicted molar refractivity (Wildman–Crippen MR) is 72.6 cm³/mol. The lowest BCUT2D eigenvalue weighted by molar-refractivity contribution is -0.0827. The van der Waals surface area contributed by atoms with Crippen molar-refractivity contribution in [3.8, 4) is 0 Å². The summed E-state index contributed by atoms with van der Waals surface area (Å²) in [7, 11) is 4.32. The van der Waals surface area contributed by atoms with E-state index >= 15 is 0 Å². The Bertz CT molecular complexity index is 197. The lowest BCUT2D eigenvalue weighted by Crippen LogP contribution is -2.35. The average Bonchev–Trinajstić information content (AvgIpc) is 2.34. The molecule has 0 atom stereocenters. The first-order valence-electron chi connectivity index (χ1n) is 6.13. The SMILES string of the molecule is CCOC(OCC)[Si]CCCNC(=NC)NC. The van der Waals surface area contributed by atoms with E-state index in [4.69, 9.17) is 9.47 Å². The van der Waals surface area contributed by atoms with E-state index < -0.39 is 0 Å². The number of hydrogen-bond acceptors (Lipinski definition) is 3. The van der Waals surface area contributed by atoms with Gasteiger partial charge in [0.05, 0.1) is 0 Å². The minimum Gasteiger partial charge on any atom is -0.359 e. The first-order chi connectivity index (χ1) is 8.28. The Balaban J connectivity index is 3.53. The van der Waals surface area contributed by atoms with Gasteiger partial charge in [-0.1, -0.05) is 6.04 Å².